The number of rotatable bonds is 7. The Morgan fingerprint density at radius 1 is 1.14 bits per heavy atom. The Kier molecular flexibility index (Phi) is 7.40. The molecule has 3 rings (SSSR count). The number of amides is 2. The summed E-state index contributed by atoms with van der Waals surface area (Å²) in [5.41, 5.74) is 0.842. The molecule has 0 aliphatic carbocycles. The van der Waals surface area contributed by atoms with Crippen LogP contribution in [0.1, 0.15) is 25.7 Å². The SMILES string of the molecule is O=C(CCCNc1ccc([N+](=O)[O-])cc1)N1CCC[C@@H](C(=O)N2CCOCC2)C1. The van der Waals surface area contributed by atoms with Crippen LogP contribution in [0.15, 0.2) is 24.3 Å². The van der Waals surface area contributed by atoms with Crippen molar-refractivity contribution in [2.75, 3.05) is 51.3 Å². The minimum atomic E-state index is -0.432. The number of nitro benzene ring substituents is 1. The maximum absolute atomic E-state index is 12.7. The van der Waals surface area contributed by atoms with Gasteiger partial charge >= 0.3 is 0 Å². The Morgan fingerprint density at radius 2 is 1.86 bits per heavy atom. The Labute approximate surface area is 170 Å². The van der Waals surface area contributed by atoms with Crippen molar-refractivity contribution in [3.63, 3.8) is 0 Å². The van der Waals surface area contributed by atoms with Gasteiger partial charge in [-0.15, -0.1) is 0 Å². The van der Waals surface area contributed by atoms with Gasteiger partial charge < -0.3 is 19.9 Å². The van der Waals surface area contributed by atoms with Crippen molar-refractivity contribution in [2.24, 2.45) is 5.92 Å². The molecule has 158 valence electrons. The molecule has 2 saturated heterocycles. The minimum absolute atomic E-state index is 0.0528. The summed E-state index contributed by atoms with van der Waals surface area (Å²) >= 11 is 0. The van der Waals surface area contributed by atoms with Crippen LogP contribution < -0.4 is 5.32 Å². The van der Waals surface area contributed by atoms with E-state index >= 15 is 0 Å². The van der Waals surface area contributed by atoms with Crippen LogP contribution in [0, 0.1) is 16.0 Å². The normalized spacial score (nSPS) is 19.7. The standard InChI is InChI=1S/C20H28N4O5/c25-19(4-1-9-21-17-5-7-18(8-6-17)24(27)28)23-10-2-3-16(15-23)20(26)22-11-13-29-14-12-22/h5-8,16,21H,1-4,9-15H2/t16-/m1/s1. The fourth-order valence-corrected chi connectivity index (χ4v) is 3.78. The van der Waals surface area contributed by atoms with Crippen molar-refractivity contribution in [3.05, 3.63) is 34.4 Å². The topological polar surface area (TPSA) is 105 Å². The molecule has 0 saturated carbocycles. The molecule has 2 fully saturated rings. The molecule has 0 radical (unpaired) electrons. The summed E-state index contributed by atoms with van der Waals surface area (Å²) in [4.78, 5) is 39.1. The molecule has 9 heteroatoms. The van der Waals surface area contributed by atoms with E-state index in [1.54, 1.807) is 12.1 Å². The van der Waals surface area contributed by atoms with Crippen molar-refractivity contribution in [1.29, 1.82) is 0 Å². The molecule has 1 aromatic carbocycles. The number of nitro groups is 1. The molecule has 0 spiro atoms. The van der Waals surface area contributed by atoms with Crippen LogP contribution in [0.3, 0.4) is 0 Å². The largest absolute Gasteiger partial charge is 0.385 e. The molecule has 0 aromatic heterocycles. The fourth-order valence-electron chi connectivity index (χ4n) is 3.78. The van der Waals surface area contributed by atoms with E-state index in [0.29, 0.717) is 58.8 Å². The lowest BCUT2D eigenvalue weighted by Crippen LogP contribution is -2.49. The first-order valence-electron chi connectivity index (χ1n) is 10.2. The van der Waals surface area contributed by atoms with Crippen molar-refractivity contribution in [2.45, 2.75) is 25.7 Å². The fraction of sp³-hybridized carbons (Fsp3) is 0.600. The molecule has 2 aliphatic heterocycles. The third-order valence-corrected chi connectivity index (χ3v) is 5.42. The van der Waals surface area contributed by atoms with E-state index in [0.717, 1.165) is 18.5 Å². The lowest BCUT2D eigenvalue weighted by molar-refractivity contribution is -0.384. The molecular formula is C20H28N4O5. The van der Waals surface area contributed by atoms with Crippen LogP contribution in [0.25, 0.3) is 0 Å². The van der Waals surface area contributed by atoms with Crippen LogP contribution in [-0.2, 0) is 14.3 Å². The molecule has 1 atom stereocenters. The van der Waals surface area contributed by atoms with E-state index in [-0.39, 0.29) is 23.4 Å². The molecule has 2 heterocycles. The zero-order chi connectivity index (χ0) is 20.6. The van der Waals surface area contributed by atoms with Crippen molar-refractivity contribution < 1.29 is 19.2 Å². The third-order valence-electron chi connectivity index (χ3n) is 5.42. The van der Waals surface area contributed by atoms with Gasteiger partial charge in [0.15, 0.2) is 0 Å². The van der Waals surface area contributed by atoms with E-state index in [2.05, 4.69) is 5.32 Å². The Hall–Kier alpha value is -2.68. The second-order valence-electron chi connectivity index (χ2n) is 7.45. The zero-order valence-corrected chi connectivity index (χ0v) is 16.5. The number of piperidine rings is 1. The van der Waals surface area contributed by atoms with Gasteiger partial charge in [-0.2, -0.15) is 0 Å². The Bertz CT molecular complexity index is 718. The molecule has 2 amide bonds. The molecule has 29 heavy (non-hydrogen) atoms. The quantitative estimate of drug-likeness (QED) is 0.423. The monoisotopic (exact) mass is 404 g/mol. The van der Waals surface area contributed by atoms with E-state index in [1.807, 2.05) is 9.80 Å². The van der Waals surface area contributed by atoms with E-state index in [9.17, 15) is 19.7 Å². The Morgan fingerprint density at radius 3 is 2.55 bits per heavy atom. The summed E-state index contributed by atoms with van der Waals surface area (Å²) in [5, 5.41) is 13.8. The number of nitrogens with zero attached hydrogens (tertiary/aromatic N) is 3. The van der Waals surface area contributed by atoms with Gasteiger partial charge in [0.25, 0.3) is 5.69 Å². The van der Waals surface area contributed by atoms with Gasteiger partial charge in [-0.1, -0.05) is 0 Å². The van der Waals surface area contributed by atoms with Gasteiger partial charge in [-0.25, -0.2) is 0 Å². The second kappa shape index (κ2) is 10.2. The van der Waals surface area contributed by atoms with Gasteiger partial charge in [-0.05, 0) is 31.4 Å². The number of nitrogens with one attached hydrogen (secondary N) is 1. The molecule has 2 aliphatic rings. The van der Waals surface area contributed by atoms with Crippen molar-refractivity contribution in [1.82, 2.24) is 9.80 Å². The smallest absolute Gasteiger partial charge is 0.269 e. The summed E-state index contributed by atoms with van der Waals surface area (Å²) in [6.07, 6.45) is 2.77. The second-order valence-corrected chi connectivity index (χ2v) is 7.45. The highest BCUT2D eigenvalue weighted by atomic mass is 16.6. The first-order chi connectivity index (χ1) is 14.0. The van der Waals surface area contributed by atoms with Crippen molar-refractivity contribution in [3.8, 4) is 0 Å². The maximum atomic E-state index is 12.7. The number of hydrogen-bond acceptors (Lipinski definition) is 6. The number of hydrogen-bond donors (Lipinski definition) is 1. The van der Waals surface area contributed by atoms with Gasteiger partial charge in [-0.3, -0.25) is 19.7 Å². The zero-order valence-electron chi connectivity index (χ0n) is 16.5. The molecule has 0 bridgehead atoms. The van der Waals surface area contributed by atoms with Crippen LogP contribution in [-0.4, -0.2) is 72.5 Å². The lowest BCUT2D eigenvalue weighted by Gasteiger charge is -2.36. The molecule has 1 N–H and O–H groups in total. The van der Waals surface area contributed by atoms with E-state index in [4.69, 9.17) is 4.74 Å². The highest BCUT2D eigenvalue weighted by molar-refractivity contribution is 5.81. The van der Waals surface area contributed by atoms with Gasteiger partial charge in [0.1, 0.15) is 0 Å². The number of carbonyl (C=O) groups is 2. The number of morpholine rings is 1. The Balaban J connectivity index is 1.39. The van der Waals surface area contributed by atoms with E-state index < -0.39 is 4.92 Å². The summed E-state index contributed by atoms with van der Waals surface area (Å²) < 4.78 is 5.31. The van der Waals surface area contributed by atoms with Gasteiger partial charge in [0.05, 0.1) is 24.1 Å². The van der Waals surface area contributed by atoms with Crippen molar-refractivity contribution >= 4 is 23.2 Å². The number of carbonyl (C=O) groups excluding carboxylic acids is 2. The number of benzene rings is 1. The minimum Gasteiger partial charge on any atom is -0.385 e. The average molecular weight is 404 g/mol. The van der Waals surface area contributed by atoms with Crippen LogP contribution in [0.5, 0.6) is 0 Å². The third kappa shape index (κ3) is 5.90. The maximum Gasteiger partial charge on any atom is 0.269 e. The average Bonchev–Trinajstić information content (AvgIpc) is 2.77. The number of non-ortho nitro benzene ring substituents is 1. The van der Waals surface area contributed by atoms with Crippen LogP contribution in [0.2, 0.25) is 0 Å². The van der Waals surface area contributed by atoms with Gasteiger partial charge in [0.2, 0.25) is 11.8 Å². The summed E-state index contributed by atoms with van der Waals surface area (Å²) in [5.74, 6) is 0.115. The molecule has 0 unspecified atom stereocenters. The molecular weight excluding hydrogens is 376 g/mol. The predicted octanol–water partition coefficient (Wildman–Crippen LogP) is 1.88. The molecule has 9 nitrogen and oxygen atoms in total. The summed E-state index contributed by atoms with van der Waals surface area (Å²) in [6.45, 7) is 4.26. The first-order valence-corrected chi connectivity index (χ1v) is 10.2. The van der Waals surface area contributed by atoms with Crippen LogP contribution >= 0.6 is 0 Å². The number of anilines is 1. The highest BCUT2D eigenvalue weighted by Gasteiger charge is 2.31. The first kappa shape index (κ1) is 21.0. The summed E-state index contributed by atoms with van der Waals surface area (Å²) in [7, 11) is 0. The van der Waals surface area contributed by atoms with E-state index in [1.165, 1.54) is 12.1 Å². The predicted molar refractivity (Wildman–Crippen MR) is 108 cm³/mol. The molecule has 1 aromatic rings. The van der Waals surface area contributed by atoms with Crippen LogP contribution in [0.4, 0.5) is 11.4 Å². The highest BCUT2D eigenvalue weighted by Crippen LogP contribution is 2.21. The number of likely N-dealkylation sites (tertiary alicyclic amines) is 1. The van der Waals surface area contributed by atoms with Gasteiger partial charge in [0, 0.05) is 57.0 Å². The summed E-state index contributed by atoms with van der Waals surface area (Å²) in [6, 6.07) is 6.22. The number of ether oxygens (including phenoxy) is 1. The lowest BCUT2D eigenvalue weighted by atomic mass is 9.96.